The molecule has 2 heterocycles. The first-order valence-electron chi connectivity index (χ1n) is 8.71. The lowest BCUT2D eigenvalue weighted by Crippen LogP contribution is -2.45. The Labute approximate surface area is 141 Å². The summed E-state index contributed by atoms with van der Waals surface area (Å²) in [7, 11) is 0. The van der Waals surface area contributed by atoms with E-state index in [1.54, 1.807) is 4.90 Å². The van der Waals surface area contributed by atoms with Crippen LogP contribution in [0.25, 0.3) is 11.0 Å². The van der Waals surface area contributed by atoms with E-state index in [0.717, 1.165) is 42.2 Å². The summed E-state index contributed by atoms with van der Waals surface area (Å²) in [5.41, 5.74) is 1.61. The minimum Gasteiger partial charge on any atom is -0.451 e. The molecule has 1 aromatic heterocycles. The van der Waals surface area contributed by atoms with Gasteiger partial charge in [0.1, 0.15) is 5.58 Å². The molecule has 1 aliphatic heterocycles. The Morgan fingerprint density at radius 2 is 2.00 bits per heavy atom. The molecule has 1 N–H and O–H groups in total. The Morgan fingerprint density at radius 3 is 2.75 bits per heavy atom. The molecule has 1 aliphatic carbocycles. The summed E-state index contributed by atoms with van der Waals surface area (Å²) in [4.78, 5) is 27.0. The van der Waals surface area contributed by atoms with Gasteiger partial charge in [0.2, 0.25) is 5.91 Å². The third kappa shape index (κ3) is 2.79. The Balaban J connectivity index is 1.52. The SMILES string of the molecule is Cc1c(C(=O)N2CCC[C@@H](C(=O)NC3CC3)C2)oc2ccccc12. The minimum atomic E-state index is -0.104. The molecule has 4 rings (SSSR count). The number of para-hydroxylation sites is 1. The molecule has 2 aliphatic rings. The maximum Gasteiger partial charge on any atom is 0.289 e. The van der Waals surface area contributed by atoms with Gasteiger partial charge in [-0.2, -0.15) is 0 Å². The average molecular weight is 326 g/mol. The van der Waals surface area contributed by atoms with Crippen molar-refractivity contribution in [3.05, 3.63) is 35.6 Å². The molecule has 5 heteroatoms. The van der Waals surface area contributed by atoms with Crippen molar-refractivity contribution in [2.45, 2.75) is 38.6 Å². The summed E-state index contributed by atoms with van der Waals surface area (Å²) in [6, 6.07) is 8.05. The van der Waals surface area contributed by atoms with E-state index < -0.39 is 0 Å². The predicted molar refractivity (Wildman–Crippen MR) is 90.7 cm³/mol. The standard InChI is InChI=1S/C19H22N2O3/c1-12-15-6-2-3-7-16(15)24-17(12)19(23)21-10-4-5-13(11-21)18(22)20-14-8-9-14/h2-3,6-7,13-14H,4-5,8-11H2,1H3,(H,20,22)/t13-/m1/s1. The Hall–Kier alpha value is -2.30. The lowest BCUT2D eigenvalue weighted by molar-refractivity contribution is -0.126. The topological polar surface area (TPSA) is 62.6 Å². The normalized spacial score (nSPS) is 21.0. The van der Waals surface area contributed by atoms with Gasteiger partial charge in [0, 0.05) is 30.1 Å². The monoisotopic (exact) mass is 326 g/mol. The summed E-state index contributed by atoms with van der Waals surface area (Å²) in [5.74, 6) is 0.288. The van der Waals surface area contributed by atoms with Crippen LogP contribution in [0.1, 0.15) is 41.8 Å². The molecule has 0 bridgehead atoms. The van der Waals surface area contributed by atoms with E-state index >= 15 is 0 Å². The highest BCUT2D eigenvalue weighted by Crippen LogP contribution is 2.28. The number of nitrogens with zero attached hydrogens (tertiary/aromatic N) is 1. The van der Waals surface area contributed by atoms with Crippen molar-refractivity contribution in [1.29, 1.82) is 0 Å². The van der Waals surface area contributed by atoms with Crippen LogP contribution >= 0.6 is 0 Å². The van der Waals surface area contributed by atoms with Crippen molar-refractivity contribution >= 4 is 22.8 Å². The van der Waals surface area contributed by atoms with Gasteiger partial charge < -0.3 is 14.6 Å². The van der Waals surface area contributed by atoms with Crippen LogP contribution in [-0.4, -0.2) is 35.8 Å². The predicted octanol–water partition coefficient (Wildman–Crippen LogP) is 2.87. The van der Waals surface area contributed by atoms with E-state index in [1.165, 1.54) is 0 Å². The van der Waals surface area contributed by atoms with Gasteiger partial charge in [-0.3, -0.25) is 9.59 Å². The van der Waals surface area contributed by atoms with Crippen molar-refractivity contribution in [3.8, 4) is 0 Å². The average Bonchev–Trinajstić information content (AvgIpc) is 3.36. The van der Waals surface area contributed by atoms with Crippen molar-refractivity contribution in [2.24, 2.45) is 5.92 Å². The molecule has 126 valence electrons. The van der Waals surface area contributed by atoms with E-state index in [4.69, 9.17) is 4.42 Å². The molecule has 5 nitrogen and oxygen atoms in total. The zero-order valence-corrected chi connectivity index (χ0v) is 13.9. The number of nitrogens with one attached hydrogen (secondary N) is 1. The summed E-state index contributed by atoms with van der Waals surface area (Å²) < 4.78 is 5.79. The fraction of sp³-hybridized carbons (Fsp3) is 0.474. The number of piperidine rings is 1. The molecule has 0 radical (unpaired) electrons. The van der Waals surface area contributed by atoms with Gasteiger partial charge in [-0.1, -0.05) is 18.2 Å². The molecule has 2 fully saturated rings. The maximum absolute atomic E-state index is 12.9. The molecule has 1 saturated carbocycles. The fourth-order valence-electron chi connectivity index (χ4n) is 3.44. The number of benzene rings is 1. The van der Waals surface area contributed by atoms with Crippen molar-refractivity contribution in [2.75, 3.05) is 13.1 Å². The lowest BCUT2D eigenvalue weighted by atomic mass is 9.96. The Bertz CT molecular complexity index is 791. The molecule has 2 amide bonds. The van der Waals surface area contributed by atoms with Gasteiger partial charge in [0.25, 0.3) is 5.91 Å². The molecule has 1 atom stereocenters. The number of hydrogen-bond acceptors (Lipinski definition) is 3. The third-order valence-corrected chi connectivity index (χ3v) is 5.04. The highest BCUT2D eigenvalue weighted by Gasteiger charge is 2.33. The summed E-state index contributed by atoms with van der Waals surface area (Å²) in [6.45, 7) is 3.08. The number of aryl methyl sites for hydroxylation is 1. The van der Waals surface area contributed by atoms with E-state index in [1.807, 2.05) is 31.2 Å². The summed E-state index contributed by atoms with van der Waals surface area (Å²) >= 11 is 0. The molecular weight excluding hydrogens is 304 g/mol. The Morgan fingerprint density at radius 1 is 1.21 bits per heavy atom. The highest BCUT2D eigenvalue weighted by molar-refractivity contribution is 5.99. The van der Waals surface area contributed by atoms with Crippen LogP contribution in [0.4, 0.5) is 0 Å². The molecule has 24 heavy (non-hydrogen) atoms. The van der Waals surface area contributed by atoms with Gasteiger partial charge in [0.15, 0.2) is 5.76 Å². The smallest absolute Gasteiger partial charge is 0.289 e. The lowest BCUT2D eigenvalue weighted by Gasteiger charge is -2.31. The number of fused-ring (bicyclic) bond motifs is 1. The number of furan rings is 1. The van der Waals surface area contributed by atoms with Gasteiger partial charge in [0.05, 0.1) is 5.92 Å². The zero-order valence-electron chi connectivity index (χ0n) is 13.9. The Kier molecular flexibility index (Phi) is 3.79. The molecule has 1 saturated heterocycles. The zero-order chi connectivity index (χ0) is 16.7. The van der Waals surface area contributed by atoms with E-state index in [9.17, 15) is 9.59 Å². The summed E-state index contributed by atoms with van der Waals surface area (Å²) in [6.07, 6.45) is 3.87. The van der Waals surface area contributed by atoms with Crippen LogP contribution in [0.5, 0.6) is 0 Å². The second-order valence-corrected chi connectivity index (χ2v) is 6.93. The van der Waals surface area contributed by atoms with E-state index in [0.29, 0.717) is 24.9 Å². The van der Waals surface area contributed by atoms with Crippen LogP contribution in [0.3, 0.4) is 0 Å². The van der Waals surface area contributed by atoms with E-state index in [2.05, 4.69) is 5.32 Å². The van der Waals surface area contributed by atoms with Gasteiger partial charge in [-0.15, -0.1) is 0 Å². The van der Waals surface area contributed by atoms with E-state index in [-0.39, 0.29) is 17.7 Å². The number of carbonyl (C=O) groups is 2. The van der Waals surface area contributed by atoms with Crippen LogP contribution in [0.2, 0.25) is 0 Å². The second kappa shape index (κ2) is 5.96. The first kappa shape index (κ1) is 15.2. The van der Waals surface area contributed by atoms with Crippen molar-refractivity contribution < 1.29 is 14.0 Å². The number of likely N-dealkylation sites (tertiary alicyclic amines) is 1. The molecule has 2 aromatic rings. The maximum atomic E-state index is 12.9. The number of carbonyl (C=O) groups excluding carboxylic acids is 2. The number of amides is 2. The van der Waals surface area contributed by atoms with Gasteiger partial charge in [-0.05, 0) is 38.7 Å². The molecule has 0 unspecified atom stereocenters. The fourth-order valence-corrected chi connectivity index (χ4v) is 3.44. The number of rotatable bonds is 3. The van der Waals surface area contributed by atoms with Crippen molar-refractivity contribution in [1.82, 2.24) is 10.2 Å². The first-order chi connectivity index (χ1) is 11.6. The second-order valence-electron chi connectivity index (χ2n) is 6.93. The van der Waals surface area contributed by atoms with Crippen LogP contribution in [0.15, 0.2) is 28.7 Å². The highest BCUT2D eigenvalue weighted by atomic mass is 16.3. The molecule has 1 aromatic carbocycles. The molecular formula is C19H22N2O3. The van der Waals surface area contributed by atoms with Crippen LogP contribution in [-0.2, 0) is 4.79 Å². The molecule has 0 spiro atoms. The van der Waals surface area contributed by atoms with Gasteiger partial charge in [-0.25, -0.2) is 0 Å². The van der Waals surface area contributed by atoms with Gasteiger partial charge >= 0.3 is 0 Å². The third-order valence-electron chi connectivity index (χ3n) is 5.04. The minimum absolute atomic E-state index is 0.0938. The largest absolute Gasteiger partial charge is 0.451 e. The van der Waals surface area contributed by atoms with Crippen molar-refractivity contribution in [3.63, 3.8) is 0 Å². The summed E-state index contributed by atoms with van der Waals surface area (Å²) in [5, 5.41) is 4.03. The quantitative estimate of drug-likeness (QED) is 0.943. The van der Waals surface area contributed by atoms with Crippen LogP contribution < -0.4 is 5.32 Å². The van der Waals surface area contributed by atoms with Crippen LogP contribution in [0, 0.1) is 12.8 Å². The first-order valence-corrected chi connectivity index (χ1v) is 8.71. The number of hydrogen-bond donors (Lipinski definition) is 1.